The highest BCUT2D eigenvalue weighted by molar-refractivity contribution is 5.67. The van der Waals surface area contributed by atoms with E-state index in [0.717, 1.165) is 0 Å². The Labute approximate surface area is 97.1 Å². The minimum absolute atomic E-state index is 0.179. The maximum absolute atomic E-state index is 9.79. The molecule has 5 nitrogen and oxygen atoms in total. The van der Waals surface area contributed by atoms with Crippen LogP contribution in [0.3, 0.4) is 0 Å². The van der Waals surface area contributed by atoms with Gasteiger partial charge in [0, 0.05) is 18.0 Å². The maximum Gasteiger partial charge on any atom is 0.172 e. The number of pyridine rings is 1. The van der Waals surface area contributed by atoms with E-state index in [0.29, 0.717) is 22.7 Å². The fourth-order valence-electron chi connectivity index (χ4n) is 1.75. The highest BCUT2D eigenvalue weighted by atomic mass is 16.3. The molecule has 2 aromatic heterocycles. The quantitative estimate of drug-likeness (QED) is 0.662. The molecule has 1 aromatic carbocycles. The third kappa shape index (κ3) is 1.48. The van der Waals surface area contributed by atoms with E-state index in [-0.39, 0.29) is 5.75 Å². The summed E-state index contributed by atoms with van der Waals surface area (Å²) < 4.78 is 1.78. The fraction of sp³-hybridized carbons (Fsp3) is 0. The van der Waals surface area contributed by atoms with Gasteiger partial charge in [0.25, 0.3) is 0 Å². The Bertz CT molecular complexity index is 690. The number of phenols is 1. The Morgan fingerprint density at radius 3 is 2.76 bits per heavy atom. The minimum atomic E-state index is 0.179. The monoisotopic (exact) mass is 226 g/mol. The number of hydrogen-bond donors (Lipinski definition) is 2. The molecule has 0 radical (unpaired) electrons. The van der Waals surface area contributed by atoms with Crippen LogP contribution in [0, 0.1) is 0 Å². The Morgan fingerprint density at radius 2 is 1.94 bits per heavy atom. The predicted molar refractivity (Wildman–Crippen MR) is 64.5 cm³/mol. The molecular formula is C12H10N4O. The molecule has 0 saturated carbocycles. The first kappa shape index (κ1) is 9.65. The van der Waals surface area contributed by atoms with Gasteiger partial charge in [0.1, 0.15) is 5.75 Å². The van der Waals surface area contributed by atoms with Crippen molar-refractivity contribution in [2.75, 3.05) is 5.73 Å². The number of nitrogens with two attached hydrogens (primary N) is 1. The summed E-state index contributed by atoms with van der Waals surface area (Å²) in [6.45, 7) is 0. The summed E-state index contributed by atoms with van der Waals surface area (Å²) in [5.74, 6) is 0.775. The van der Waals surface area contributed by atoms with Gasteiger partial charge in [-0.1, -0.05) is 12.1 Å². The molecule has 0 saturated heterocycles. The first-order valence-corrected chi connectivity index (χ1v) is 5.14. The molecule has 0 aliphatic carbocycles. The van der Waals surface area contributed by atoms with Crippen LogP contribution in [-0.4, -0.2) is 19.7 Å². The third-order valence-corrected chi connectivity index (χ3v) is 2.58. The van der Waals surface area contributed by atoms with Crippen LogP contribution in [0.25, 0.3) is 17.0 Å². The lowest BCUT2D eigenvalue weighted by Crippen LogP contribution is -1.91. The lowest BCUT2D eigenvalue weighted by Gasteiger charge is -2.02. The molecule has 0 spiro atoms. The normalized spacial score (nSPS) is 10.8. The van der Waals surface area contributed by atoms with Crippen LogP contribution in [0.1, 0.15) is 0 Å². The fourth-order valence-corrected chi connectivity index (χ4v) is 1.75. The van der Waals surface area contributed by atoms with E-state index < -0.39 is 0 Å². The number of phenolic OH excluding ortho intramolecular Hbond substituents is 1. The van der Waals surface area contributed by atoms with E-state index in [1.165, 1.54) is 0 Å². The molecule has 0 amide bonds. The zero-order chi connectivity index (χ0) is 11.8. The van der Waals surface area contributed by atoms with Crippen molar-refractivity contribution in [3.63, 3.8) is 0 Å². The van der Waals surface area contributed by atoms with Crippen molar-refractivity contribution in [3.05, 3.63) is 42.6 Å². The smallest absolute Gasteiger partial charge is 0.172 e. The molecule has 84 valence electrons. The van der Waals surface area contributed by atoms with Gasteiger partial charge in [0.05, 0.1) is 5.56 Å². The summed E-state index contributed by atoms with van der Waals surface area (Å²) in [4.78, 5) is 0. The van der Waals surface area contributed by atoms with Gasteiger partial charge in [0.15, 0.2) is 11.5 Å². The van der Waals surface area contributed by atoms with E-state index in [9.17, 15) is 5.11 Å². The summed E-state index contributed by atoms with van der Waals surface area (Å²) in [6, 6.07) is 10.5. The van der Waals surface area contributed by atoms with Crippen molar-refractivity contribution in [3.8, 4) is 17.1 Å². The zero-order valence-corrected chi connectivity index (χ0v) is 8.91. The lowest BCUT2D eigenvalue weighted by molar-refractivity contribution is 0.477. The molecule has 0 atom stereocenters. The standard InChI is InChI=1S/C12H10N4O/c13-8-5-6-16-11(7-8)14-15-12(16)9-3-1-2-4-10(9)17/h1-7,17H,13H2. The predicted octanol–water partition coefficient (Wildman–Crippen LogP) is 1.68. The van der Waals surface area contributed by atoms with Crippen molar-refractivity contribution in [2.24, 2.45) is 0 Å². The van der Waals surface area contributed by atoms with Crippen LogP contribution in [0.15, 0.2) is 42.6 Å². The first-order chi connectivity index (χ1) is 8.25. The summed E-state index contributed by atoms with van der Waals surface area (Å²) >= 11 is 0. The number of aromatic hydroxyl groups is 1. The molecule has 3 rings (SSSR count). The van der Waals surface area contributed by atoms with Crippen molar-refractivity contribution in [1.82, 2.24) is 14.6 Å². The zero-order valence-electron chi connectivity index (χ0n) is 8.91. The molecule has 0 fully saturated rings. The highest BCUT2D eigenvalue weighted by Gasteiger charge is 2.11. The van der Waals surface area contributed by atoms with Gasteiger partial charge in [-0.25, -0.2) is 0 Å². The van der Waals surface area contributed by atoms with Crippen molar-refractivity contribution >= 4 is 11.3 Å². The molecule has 0 unspecified atom stereocenters. The van der Waals surface area contributed by atoms with Crippen molar-refractivity contribution < 1.29 is 5.11 Å². The largest absolute Gasteiger partial charge is 0.507 e. The second-order valence-corrected chi connectivity index (χ2v) is 3.73. The second-order valence-electron chi connectivity index (χ2n) is 3.73. The van der Waals surface area contributed by atoms with Gasteiger partial charge in [-0.15, -0.1) is 10.2 Å². The number of nitrogen functional groups attached to an aromatic ring is 1. The minimum Gasteiger partial charge on any atom is -0.507 e. The number of aromatic nitrogens is 3. The third-order valence-electron chi connectivity index (χ3n) is 2.58. The Morgan fingerprint density at radius 1 is 1.12 bits per heavy atom. The molecule has 0 aliphatic heterocycles. The number of fused-ring (bicyclic) bond motifs is 1. The topological polar surface area (TPSA) is 76.4 Å². The molecule has 0 aliphatic rings. The van der Waals surface area contributed by atoms with Gasteiger partial charge in [-0.05, 0) is 18.2 Å². The van der Waals surface area contributed by atoms with Crippen LogP contribution >= 0.6 is 0 Å². The molecule has 0 bridgehead atoms. The van der Waals surface area contributed by atoms with E-state index in [4.69, 9.17) is 5.73 Å². The lowest BCUT2D eigenvalue weighted by atomic mass is 10.2. The van der Waals surface area contributed by atoms with Gasteiger partial charge in [0.2, 0.25) is 0 Å². The van der Waals surface area contributed by atoms with Gasteiger partial charge < -0.3 is 10.8 Å². The van der Waals surface area contributed by atoms with E-state index in [1.54, 1.807) is 40.9 Å². The average Bonchev–Trinajstić information content (AvgIpc) is 2.72. The molecule has 3 aromatic rings. The van der Waals surface area contributed by atoms with Crippen LogP contribution in [-0.2, 0) is 0 Å². The van der Waals surface area contributed by atoms with Crippen LogP contribution in [0.4, 0.5) is 5.69 Å². The van der Waals surface area contributed by atoms with Gasteiger partial charge in [-0.2, -0.15) is 0 Å². The molecule has 3 N–H and O–H groups in total. The summed E-state index contributed by atoms with van der Waals surface area (Å²) in [6.07, 6.45) is 1.78. The molecule has 17 heavy (non-hydrogen) atoms. The Kier molecular flexibility index (Phi) is 1.98. The number of nitrogens with zero attached hydrogens (tertiary/aromatic N) is 3. The van der Waals surface area contributed by atoms with Crippen LogP contribution in [0.2, 0.25) is 0 Å². The van der Waals surface area contributed by atoms with Crippen LogP contribution < -0.4 is 5.73 Å². The molecular weight excluding hydrogens is 216 g/mol. The number of hydrogen-bond acceptors (Lipinski definition) is 4. The van der Waals surface area contributed by atoms with Gasteiger partial charge >= 0.3 is 0 Å². The number of para-hydroxylation sites is 1. The number of rotatable bonds is 1. The molecule has 5 heteroatoms. The Balaban J connectivity index is 2.29. The highest BCUT2D eigenvalue weighted by Crippen LogP contribution is 2.27. The second kappa shape index (κ2) is 3.48. The van der Waals surface area contributed by atoms with Crippen LogP contribution in [0.5, 0.6) is 5.75 Å². The maximum atomic E-state index is 9.79. The van der Waals surface area contributed by atoms with Gasteiger partial charge in [-0.3, -0.25) is 4.40 Å². The van der Waals surface area contributed by atoms with Crippen molar-refractivity contribution in [1.29, 1.82) is 0 Å². The summed E-state index contributed by atoms with van der Waals surface area (Å²) in [7, 11) is 0. The average molecular weight is 226 g/mol. The first-order valence-electron chi connectivity index (χ1n) is 5.14. The SMILES string of the molecule is Nc1ccn2c(-c3ccccc3O)nnc2c1. The summed E-state index contributed by atoms with van der Waals surface area (Å²) in [5, 5.41) is 17.9. The summed E-state index contributed by atoms with van der Waals surface area (Å²) in [5.41, 5.74) is 7.60. The Hall–Kier alpha value is -2.56. The van der Waals surface area contributed by atoms with E-state index in [2.05, 4.69) is 10.2 Å². The van der Waals surface area contributed by atoms with E-state index >= 15 is 0 Å². The number of anilines is 1. The van der Waals surface area contributed by atoms with Crippen molar-refractivity contribution in [2.45, 2.75) is 0 Å². The number of benzene rings is 1. The van der Waals surface area contributed by atoms with E-state index in [1.807, 2.05) is 6.07 Å². The molecule has 2 heterocycles.